The maximum atomic E-state index is 13.1. The predicted octanol–water partition coefficient (Wildman–Crippen LogP) is 4.21. The van der Waals surface area contributed by atoms with Gasteiger partial charge in [0.2, 0.25) is 0 Å². The van der Waals surface area contributed by atoms with Gasteiger partial charge in [-0.3, -0.25) is 0 Å². The fraction of sp³-hybridized carbons (Fsp3) is 0.0909. The molecule has 0 aliphatic carbocycles. The predicted molar refractivity (Wildman–Crippen MR) is 66.6 cm³/mol. The van der Waals surface area contributed by atoms with Gasteiger partial charge in [0, 0.05) is 20.6 Å². The van der Waals surface area contributed by atoms with Gasteiger partial charge < -0.3 is 5.73 Å². The van der Waals surface area contributed by atoms with Crippen LogP contribution in [0.4, 0.5) is 10.1 Å². The Balaban J connectivity index is 2.62. The van der Waals surface area contributed by atoms with E-state index in [1.165, 1.54) is 17.0 Å². The van der Waals surface area contributed by atoms with Gasteiger partial charge in [-0.05, 0) is 47.1 Å². The lowest BCUT2D eigenvalue weighted by Crippen LogP contribution is -1.89. The highest BCUT2D eigenvalue weighted by atomic mass is 79.9. The van der Waals surface area contributed by atoms with E-state index < -0.39 is 0 Å². The van der Waals surface area contributed by atoms with Crippen LogP contribution in [0.3, 0.4) is 0 Å². The Morgan fingerprint density at radius 3 is 2.67 bits per heavy atom. The molecule has 1 nitrogen and oxygen atoms in total. The van der Waals surface area contributed by atoms with Crippen LogP contribution in [0.15, 0.2) is 28.7 Å². The molecule has 2 N–H and O–H groups in total. The number of aryl methyl sites for hydroxylation is 1. The van der Waals surface area contributed by atoms with Crippen LogP contribution in [-0.2, 0) is 0 Å². The zero-order valence-electron chi connectivity index (χ0n) is 8.05. The average molecular weight is 286 g/mol. The van der Waals surface area contributed by atoms with Gasteiger partial charge in [0.1, 0.15) is 5.82 Å². The maximum absolute atomic E-state index is 13.1. The van der Waals surface area contributed by atoms with Crippen molar-refractivity contribution in [2.45, 2.75) is 6.92 Å². The van der Waals surface area contributed by atoms with Crippen LogP contribution < -0.4 is 5.73 Å². The SMILES string of the molecule is Cc1cc(Br)c(-c2cc(F)ccc2N)s1. The van der Waals surface area contributed by atoms with E-state index in [2.05, 4.69) is 15.9 Å². The zero-order valence-corrected chi connectivity index (χ0v) is 10.5. The Labute approximate surface area is 99.9 Å². The normalized spacial score (nSPS) is 10.6. The highest BCUT2D eigenvalue weighted by molar-refractivity contribution is 9.10. The largest absolute Gasteiger partial charge is 0.398 e. The Bertz CT molecular complexity index is 507. The van der Waals surface area contributed by atoms with Gasteiger partial charge in [-0.15, -0.1) is 11.3 Å². The van der Waals surface area contributed by atoms with Crippen molar-refractivity contribution in [3.05, 3.63) is 39.4 Å². The lowest BCUT2D eigenvalue weighted by atomic mass is 10.1. The third kappa shape index (κ3) is 2.06. The summed E-state index contributed by atoms with van der Waals surface area (Å²) in [7, 11) is 0. The van der Waals surface area contributed by atoms with E-state index in [0.29, 0.717) is 5.69 Å². The molecule has 78 valence electrons. The van der Waals surface area contributed by atoms with E-state index >= 15 is 0 Å². The molecular weight excluding hydrogens is 277 g/mol. The number of thiophene rings is 1. The van der Waals surface area contributed by atoms with Gasteiger partial charge in [-0.25, -0.2) is 4.39 Å². The maximum Gasteiger partial charge on any atom is 0.124 e. The van der Waals surface area contributed by atoms with Crippen molar-refractivity contribution in [3.8, 4) is 10.4 Å². The fourth-order valence-corrected chi connectivity index (χ4v) is 3.29. The Morgan fingerprint density at radius 1 is 1.33 bits per heavy atom. The molecule has 1 heterocycles. The van der Waals surface area contributed by atoms with Crippen LogP contribution in [0.1, 0.15) is 4.88 Å². The van der Waals surface area contributed by atoms with Gasteiger partial charge in [0.05, 0.1) is 4.88 Å². The minimum atomic E-state index is -0.267. The van der Waals surface area contributed by atoms with Gasteiger partial charge in [0.25, 0.3) is 0 Å². The van der Waals surface area contributed by atoms with E-state index in [1.54, 1.807) is 17.4 Å². The van der Waals surface area contributed by atoms with Crippen LogP contribution in [0, 0.1) is 12.7 Å². The van der Waals surface area contributed by atoms with Gasteiger partial charge >= 0.3 is 0 Å². The van der Waals surface area contributed by atoms with Crippen molar-refractivity contribution < 1.29 is 4.39 Å². The summed E-state index contributed by atoms with van der Waals surface area (Å²) in [4.78, 5) is 2.14. The van der Waals surface area contributed by atoms with Crippen molar-refractivity contribution in [3.63, 3.8) is 0 Å². The molecule has 1 aromatic heterocycles. The molecule has 0 radical (unpaired) electrons. The van der Waals surface area contributed by atoms with Crippen LogP contribution in [0.25, 0.3) is 10.4 Å². The highest BCUT2D eigenvalue weighted by Gasteiger charge is 2.10. The second-order valence-electron chi connectivity index (χ2n) is 3.27. The molecule has 0 aliphatic rings. The number of benzene rings is 1. The molecule has 0 amide bonds. The van der Waals surface area contributed by atoms with Crippen molar-refractivity contribution in [2.24, 2.45) is 0 Å². The number of anilines is 1. The van der Waals surface area contributed by atoms with Gasteiger partial charge in [-0.1, -0.05) is 0 Å². The molecule has 0 unspecified atom stereocenters. The molecule has 15 heavy (non-hydrogen) atoms. The number of nitrogen functional groups attached to an aromatic ring is 1. The van der Waals surface area contributed by atoms with E-state index in [9.17, 15) is 4.39 Å². The summed E-state index contributed by atoms with van der Waals surface area (Å²) in [5, 5.41) is 0. The Kier molecular flexibility index (Phi) is 2.80. The zero-order chi connectivity index (χ0) is 11.0. The average Bonchev–Trinajstić information content (AvgIpc) is 2.50. The van der Waals surface area contributed by atoms with E-state index in [1.807, 2.05) is 13.0 Å². The lowest BCUT2D eigenvalue weighted by molar-refractivity contribution is 0.628. The van der Waals surface area contributed by atoms with E-state index in [0.717, 1.165) is 14.9 Å². The number of rotatable bonds is 1. The topological polar surface area (TPSA) is 26.0 Å². The van der Waals surface area contributed by atoms with Crippen molar-refractivity contribution in [1.29, 1.82) is 0 Å². The first-order valence-electron chi connectivity index (χ1n) is 4.39. The highest BCUT2D eigenvalue weighted by Crippen LogP contribution is 2.39. The summed E-state index contributed by atoms with van der Waals surface area (Å²) in [5.41, 5.74) is 7.17. The molecule has 0 saturated heterocycles. The Morgan fingerprint density at radius 2 is 2.07 bits per heavy atom. The molecule has 0 atom stereocenters. The fourth-order valence-electron chi connectivity index (χ4n) is 1.39. The Hall–Kier alpha value is -0.870. The number of nitrogens with two attached hydrogens (primary N) is 1. The monoisotopic (exact) mass is 285 g/mol. The summed E-state index contributed by atoms with van der Waals surface area (Å²) in [6, 6.07) is 6.43. The first kappa shape index (κ1) is 10.6. The summed E-state index contributed by atoms with van der Waals surface area (Å²) in [6.45, 7) is 2.01. The molecule has 0 spiro atoms. The van der Waals surface area contributed by atoms with Crippen molar-refractivity contribution in [1.82, 2.24) is 0 Å². The number of hydrogen-bond acceptors (Lipinski definition) is 2. The first-order chi connectivity index (χ1) is 7.08. The minimum absolute atomic E-state index is 0.267. The number of hydrogen-bond donors (Lipinski definition) is 1. The molecule has 0 aliphatic heterocycles. The van der Waals surface area contributed by atoms with Gasteiger partial charge in [-0.2, -0.15) is 0 Å². The van der Waals surface area contributed by atoms with Crippen LogP contribution in [0.2, 0.25) is 0 Å². The van der Waals surface area contributed by atoms with Crippen LogP contribution in [0.5, 0.6) is 0 Å². The van der Waals surface area contributed by atoms with E-state index in [4.69, 9.17) is 5.73 Å². The number of halogens is 2. The quantitative estimate of drug-likeness (QED) is 0.781. The van der Waals surface area contributed by atoms with Crippen LogP contribution >= 0.6 is 27.3 Å². The second-order valence-corrected chi connectivity index (χ2v) is 5.38. The molecule has 0 fully saturated rings. The second kappa shape index (κ2) is 3.94. The molecule has 2 rings (SSSR count). The molecule has 4 heteroatoms. The molecule has 0 saturated carbocycles. The van der Waals surface area contributed by atoms with E-state index in [-0.39, 0.29) is 5.82 Å². The minimum Gasteiger partial charge on any atom is -0.398 e. The van der Waals surface area contributed by atoms with Crippen LogP contribution in [-0.4, -0.2) is 0 Å². The summed E-state index contributed by atoms with van der Waals surface area (Å²) in [6.07, 6.45) is 0. The third-order valence-corrected chi connectivity index (χ3v) is 4.04. The third-order valence-electron chi connectivity index (χ3n) is 2.07. The first-order valence-corrected chi connectivity index (χ1v) is 6.00. The molecule has 2 aromatic rings. The van der Waals surface area contributed by atoms with Crippen molar-refractivity contribution in [2.75, 3.05) is 5.73 Å². The van der Waals surface area contributed by atoms with Gasteiger partial charge in [0.15, 0.2) is 0 Å². The summed E-state index contributed by atoms with van der Waals surface area (Å²) in [5.74, 6) is -0.267. The standard InChI is InChI=1S/C11H9BrFNS/c1-6-4-9(12)11(15-6)8-5-7(13)2-3-10(8)14/h2-5H,14H2,1H3. The molecule has 1 aromatic carbocycles. The molecule has 0 bridgehead atoms. The smallest absolute Gasteiger partial charge is 0.124 e. The summed E-state index contributed by atoms with van der Waals surface area (Å²) < 4.78 is 14.1. The molecular formula is C11H9BrFNS. The summed E-state index contributed by atoms with van der Waals surface area (Å²) >= 11 is 5.04. The lowest BCUT2D eigenvalue weighted by Gasteiger charge is -2.03. The van der Waals surface area contributed by atoms with Crippen molar-refractivity contribution >= 4 is 33.0 Å².